The van der Waals surface area contributed by atoms with Gasteiger partial charge in [0.05, 0.1) is 12.1 Å². The first-order valence-electron chi connectivity index (χ1n) is 8.72. The predicted molar refractivity (Wildman–Crippen MR) is 107 cm³/mol. The summed E-state index contributed by atoms with van der Waals surface area (Å²) in [6.07, 6.45) is -0.987. The highest BCUT2D eigenvalue weighted by Gasteiger charge is 2.26. The van der Waals surface area contributed by atoms with Crippen LogP contribution in [0.3, 0.4) is 0 Å². The van der Waals surface area contributed by atoms with Crippen LogP contribution in [-0.4, -0.2) is 37.0 Å². The lowest BCUT2D eigenvalue weighted by atomic mass is 10.2. The van der Waals surface area contributed by atoms with Crippen LogP contribution >= 0.6 is 15.9 Å². The van der Waals surface area contributed by atoms with E-state index in [0.717, 1.165) is 4.47 Å². The standard InChI is InChI=1S/C20H19BrN2O5/c1-13(20(26)22-15-8-6-14(21)7-9-15)28-19(25)10-11-23-16-4-2-3-5-17(16)27-12-18(23)24/h2-9,13H,10-12H2,1H3,(H,22,26). The molecule has 7 nitrogen and oxygen atoms in total. The maximum Gasteiger partial charge on any atom is 0.308 e. The Morgan fingerprint density at radius 1 is 1.21 bits per heavy atom. The highest BCUT2D eigenvalue weighted by molar-refractivity contribution is 9.10. The third kappa shape index (κ3) is 4.89. The summed E-state index contributed by atoms with van der Waals surface area (Å²) in [6.45, 7) is 1.58. The zero-order valence-corrected chi connectivity index (χ0v) is 16.8. The molecule has 1 aliphatic rings. The van der Waals surface area contributed by atoms with Crippen molar-refractivity contribution >= 4 is 45.1 Å². The molecule has 146 valence electrons. The maximum absolute atomic E-state index is 12.2. The first-order chi connectivity index (χ1) is 13.4. The van der Waals surface area contributed by atoms with Gasteiger partial charge in [-0.3, -0.25) is 14.4 Å². The Balaban J connectivity index is 1.52. The van der Waals surface area contributed by atoms with E-state index in [4.69, 9.17) is 9.47 Å². The number of fused-ring (bicyclic) bond motifs is 1. The van der Waals surface area contributed by atoms with Crippen molar-refractivity contribution in [2.45, 2.75) is 19.4 Å². The van der Waals surface area contributed by atoms with Gasteiger partial charge in [0.15, 0.2) is 12.7 Å². The Kier molecular flexibility index (Phi) is 6.30. The van der Waals surface area contributed by atoms with Gasteiger partial charge in [-0.2, -0.15) is 0 Å². The quantitative estimate of drug-likeness (QED) is 0.688. The van der Waals surface area contributed by atoms with Gasteiger partial charge in [0.25, 0.3) is 11.8 Å². The Labute approximate surface area is 170 Å². The molecular weight excluding hydrogens is 428 g/mol. The summed E-state index contributed by atoms with van der Waals surface area (Å²) >= 11 is 3.32. The number of hydrogen-bond donors (Lipinski definition) is 1. The zero-order chi connectivity index (χ0) is 20.1. The number of amides is 2. The molecule has 0 bridgehead atoms. The molecule has 0 saturated carbocycles. The van der Waals surface area contributed by atoms with Gasteiger partial charge in [-0.05, 0) is 43.3 Å². The van der Waals surface area contributed by atoms with E-state index in [1.807, 2.05) is 6.07 Å². The van der Waals surface area contributed by atoms with E-state index in [0.29, 0.717) is 17.1 Å². The van der Waals surface area contributed by atoms with E-state index in [9.17, 15) is 14.4 Å². The van der Waals surface area contributed by atoms with Crippen molar-refractivity contribution in [1.82, 2.24) is 0 Å². The molecule has 0 radical (unpaired) electrons. The minimum atomic E-state index is -0.955. The lowest BCUT2D eigenvalue weighted by molar-refractivity contribution is -0.153. The largest absolute Gasteiger partial charge is 0.482 e. The third-order valence-corrected chi connectivity index (χ3v) is 4.67. The first-order valence-corrected chi connectivity index (χ1v) is 9.51. The van der Waals surface area contributed by atoms with Crippen LogP contribution in [0.4, 0.5) is 11.4 Å². The molecule has 28 heavy (non-hydrogen) atoms. The molecule has 1 N–H and O–H groups in total. The molecule has 2 amide bonds. The molecule has 3 rings (SSSR count). The molecule has 0 saturated heterocycles. The third-order valence-electron chi connectivity index (χ3n) is 4.14. The van der Waals surface area contributed by atoms with Crippen LogP contribution in [0, 0.1) is 0 Å². The molecule has 1 unspecified atom stereocenters. The summed E-state index contributed by atoms with van der Waals surface area (Å²) in [4.78, 5) is 37.9. The number of anilines is 2. The zero-order valence-electron chi connectivity index (χ0n) is 15.2. The number of esters is 1. The van der Waals surface area contributed by atoms with Crippen LogP contribution in [0.2, 0.25) is 0 Å². The molecule has 1 aliphatic heterocycles. The van der Waals surface area contributed by atoms with Crippen LogP contribution in [0.15, 0.2) is 53.0 Å². The lowest BCUT2D eigenvalue weighted by Gasteiger charge is -2.29. The number of benzene rings is 2. The van der Waals surface area contributed by atoms with Crippen molar-refractivity contribution in [2.24, 2.45) is 0 Å². The van der Waals surface area contributed by atoms with Gasteiger partial charge in [-0.25, -0.2) is 0 Å². The number of nitrogens with one attached hydrogen (secondary N) is 1. The smallest absolute Gasteiger partial charge is 0.308 e. The molecule has 0 spiro atoms. The van der Waals surface area contributed by atoms with Crippen LogP contribution < -0.4 is 15.0 Å². The number of carbonyl (C=O) groups is 3. The lowest BCUT2D eigenvalue weighted by Crippen LogP contribution is -2.40. The molecule has 0 fully saturated rings. The Hall–Kier alpha value is -2.87. The van der Waals surface area contributed by atoms with Crippen molar-refractivity contribution in [3.63, 3.8) is 0 Å². The van der Waals surface area contributed by atoms with Crippen LogP contribution in [0.1, 0.15) is 13.3 Å². The minimum Gasteiger partial charge on any atom is -0.482 e. The number of halogens is 1. The fraction of sp³-hybridized carbons (Fsp3) is 0.250. The number of rotatable bonds is 6. The molecule has 1 atom stereocenters. The molecular formula is C20H19BrN2O5. The maximum atomic E-state index is 12.2. The molecule has 0 aliphatic carbocycles. The normalized spacial score (nSPS) is 13.9. The Morgan fingerprint density at radius 3 is 2.68 bits per heavy atom. The highest BCUT2D eigenvalue weighted by atomic mass is 79.9. The van der Waals surface area contributed by atoms with Gasteiger partial charge in [0, 0.05) is 16.7 Å². The van der Waals surface area contributed by atoms with E-state index >= 15 is 0 Å². The van der Waals surface area contributed by atoms with Crippen molar-refractivity contribution in [2.75, 3.05) is 23.4 Å². The molecule has 1 heterocycles. The summed E-state index contributed by atoms with van der Waals surface area (Å²) in [6, 6.07) is 14.2. The summed E-state index contributed by atoms with van der Waals surface area (Å²) in [5.74, 6) is -0.621. The van der Waals surface area contributed by atoms with Gasteiger partial charge in [0.2, 0.25) is 0 Å². The highest BCUT2D eigenvalue weighted by Crippen LogP contribution is 2.31. The van der Waals surface area contributed by atoms with Crippen molar-refractivity contribution in [3.05, 3.63) is 53.0 Å². The van der Waals surface area contributed by atoms with Crippen LogP contribution in [-0.2, 0) is 19.1 Å². The minimum absolute atomic E-state index is 0.0318. The van der Waals surface area contributed by atoms with E-state index < -0.39 is 18.0 Å². The van der Waals surface area contributed by atoms with Crippen molar-refractivity contribution < 1.29 is 23.9 Å². The van der Waals surface area contributed by atoms with Crippen molar-refractivity contribution in [3.8, 4) is 5.75 Å². The second kappa shape index (κ2) is 8.88. The molecule has 8 heteroatoms. The van der Waals surface area contributed by atoms with E-state index in [-0.39, 0.29) is 25.5 Å². The SMILES string of the molecule is CC(OC(=O)CCN1C(=O)COc2ccccc21)C(=O)Nc1ccc(Br)cc1. The van der Waals surface area contributed by atoms with Gasteiger partial charge in [-0.15, -0.1) is 0 Å². The predicted octanol–water partition coefficient (Wildman–Crippen LogP) is 3.14. The summed E-state index contributed by atoms with van der Waals surface area (Å²) in [5, 5.41) is 2.68. The monoisotopic (exact) mass is 446 g/mol. The topological polar surface area (TPSA) is 84.9 Å². The van der Waals surface area contributed by atoms with Gasteiger partial charge in [-0.1, -0.05) is 28.1 Å². The van der Waals surface area contributed by atoms with Gasteiger partial charge < -0.3 is 19.7 Å². The number of carbonyl (C=O) groups excluding carboxylic acids is 3. The molecule has 2 aromatic carbocycles. The number of nitrogens with zero attached hydrogens (tertiary/aromatic N) is 1. The summed E-state index contributed by atoms with van der Waals surface area (Å²) < 4.78 is 11.5. The van der Waals surface area contributed by atoms with Crippen molar-refractivity contribution in [1.29, 1.82) is 0 Å². The second-order valence-electron chi connectivity index (χ2n) is 6.18. The first kappa shape index (κ1) is 19.9. The second-order valence-corrected chi connectivity index (χ2v) is 7.10. The summed E-state index contributed by atoms with van der Waals surface area (Å²) in [7, 11) is 0. The number of para-hydroxylation sites is 2. The number of hydrogen-bond acceptors (Lipinski definition) is 5. The summed E-state index contributed by atoms with van der Waals surface area (Å²) in [5.41, 5.74) is 1.22. The Bertz CT molecular complexity index is 884. The van der Waals surface area contributed by atoms with Gasteiger partial charge in [0.1, 0.15) is 5.75 Å². The van der Waals surface area contributed by atoms with E-state index in [1.165, 1.54) is 11.8 Å². The van der Waals surface area contributed by atoms with Crippen LogP contribution in [0.5, 0.6) is 5.75 Å². The average molecular weight is 447 g/mol. The van der Waals surface area contributed by atoms with E-state index in [1.54, 1.807) is 42.5 Å². The van der Waals surface area contributed by atoms with Gasteiger partial charge >= 0.3 is 5.97 Å². The fourth-order valence-electron chi connectivity index (χ4n) is 2.69. The average Bonchev–Trinajstić information content (AvgIpc) is 2.69. The molecule has 0 aromatic heterocycles. The number of ether oxygens (including phenoxy) is 2. The fourth-order valence-corrected chi connectivity index (χ4v) is 2.95. The molecule has 2 aromatic rings. The van der Waals surface area contributed by atoms with E-state index in [2.05, 4.69) is 21.2 Å². The Morgan fingerprint density at radius 2 is 1.93 bits per heavy atom. The van der Waals surface area contributed by atoms with Crippen LogP contribution in [0.25, 0.3) is 0 Å².